The van der Waals surface area contributed by atoms with Gasteiger partial charge >= 0.3 is 0 Å². The second-order valence-electron chi connectivity index (χ2n) is 2.57. The molecule has 62 valence electrons. The molecule has 0 aliphatic heterocycles. The van der Waals surface area contributed by atoms with E-state index in [9.17, 15) is 0 Å². The molecular formula is C7H18N2O. The van der Waals surface area contributed by atoms with Crippen molar-refractivity contribution < 1.29 is 5.11 Å². The van der Waals surface area contributed by atoms with Crippen molar-refractivity contribution in [3.8, 4) is 0 Å². The molecular weight excluding hydrogens is 128 g/mol. The maximum absolute atomic E-state index is 9.03. The van der Waals surface area contributed by atoms with Gasteiger partial charge in [-0.3, -0.25) is 4.90 Å². The van der Waals surface area contributed by atoms with Crippen molar-refractivity contribution in [1.82, 2.24) is 10.2 Å². The van der Waals surface area contributed by atoms with Gasteiger partial charge in [-0.15, -0.1) is 0 Å². The molecule has 0 amide bonds. The van der Waals surface area contributed by atoms with Crippen LogP contribution < -0.4 is 5.32 Å². The highest BCUT2D eigenvalue weighted by Gasteiger charge is 2.01. The van der Waals surface area contributed by atoms with E-state index in [0.29, 0.717) is 0 Å². The second-order valence-corrected chi connectivity index (χ2v) is 2.57. The molecule has 0 aromatic rings. The topological polar surface area (TPSA) is 35.5 Å². The molecule has 0 rings (SSSR count). The monoisotopic (exact) mass is 146 g/mol. The van der Waals surface area contributed by atoms with Crippen LogP contribution in [0.25, 0.3) is 0 Å². The Morgan fingerprint density at radius 3 is 2.60 bits per heavy atom. The van der Waals surface area contributed by atoms with Gasteiger partial charge in [0.2, 0.25) is 0 Å². The average molecular weight is 146 g/mol. The summed E-state index contributed by atoms with van der Waals surface area (Å²) >= 11 is 0. The number of hydrogen-bond acceptors (Lipinski definition) is 3. The van der Waals surface area contributed by atoms with Crippen LogP contribution in [0.1, 0.15) is 13.3 Å². The van der Waals surface area contributed by atoms with Crippen LogP contribution in [0, 0.1) is 0 Å². The summed E-state index contributed by atoms with van der Waals surface area (Å²) in [5.74, 6) is 0. The van der Waals surface area contributed by atoms with E-state index in [4.69, 9.17) is 5.11 Å². The molecule has 0 aromatic heterocycles. The van der Waals surface area contributed by atoms with Crippen molar-refractivity contribution >= 4 is 0 Å². The van der Waals surface area contributed by atoms with Crippen molar-refractivity contribution in [3.63, 3.8) is 0 Å². The number of nitrogens with one attached hydrogen (secondary N) is 1. The Bertz CT molecular complexity index is 76.0. The molecule has 2 N–H and O–H groups in total. The Morgan fingerprint density at radius 2 is 2.20 bits per heavy atom. The Kier molecular flexibility index (Phi) is 5.58. The first-order valence-electron chi connectivity index (χ1n) is 3.71. The lowest BCUT2D eigenvalue weighted by Crippen LogP contribution is -2.30. The van der Waals surface area contributed by atoms with Gasteiger partial charge in [-0.05, 0) is 34.0 Å². The smallest absolute Gasteiger partial charge is 0.104 e. The van der Waals surface area contributed by atoms with Gasteiger partial charge in [-0.2, -0.15) is 0 Å². The summed E-state index contributed by atoms with van der Waals surface area (Å²) in [6, 6.07) is 0. The summed E-state index contributed by atoms with van der Waals surface area (Å²) in [7, 11) is 3.85. The molecule has 3 nitrogen and oxygen atoms in total. The Labute approximate surface area is 63.0 Å². The zero-order chi connectivity index (χ0) is 7.98. The molecule has 1 atom stereocenters. The third-order valence-electron chi connectivity index (χ3n) is 1.58. The van der Waals surface area contributed by atoms with E-state index in [0.717, 1.165) is 19.5 Å². The summed E-state index contributed by atoms with van der Waals surface area (Å²) < 4.78 is 0. The number of rotatable bonds is 5. The third-order valence-corrected chi connectivity index (χ3v) is 1.58. The fraction of sp³-hybridized carbons (Fsp3) is 1.00. The summed E-state index contributed by atoms with van der Waals surface area (Å²) in [6.45, 7) is 3.73. The molecule has 0 saturated heterocycles. The molecule has 0 aliphatic rings. The fourth-order valence-corrected chi connectivity index (χ4v) is 0.692. The molecule has 0 bridgehead atoms. The molecule has 0 fully saturated rings. The highest BCUT2D eigenvalue weighted by molar-refractivity contribution is 4.52. The summed E-state index contributed by atoms with van der Waals surface area (Å²) in [5, 5.41) is 12.1. The number of aliphatic hydroxyl groups excluding tert-OH is 1. The second kappa shape index (κ2) is 5.65. The predicted molar refractivity (Wildman–Crippen MR) is 42.9 cm³/mol. The zero-order valence-corrected chi connectivity index (χ0v) is 7.09. The number of nitrogens with zero attached hydrogens (tertiary/aromatic N) is 1. The number of hydrogen-bond donors (Lipinski definition) is 2. The van der Waals surface area contributed by atoms with Crippen LogP contribution in [0.5, 0.6) is 0 Å². The normalized spacial score (nSPS) is 14.1. The first-order valence-corrected chi connectivity index (χ1v) is 3.71. The first kappa shape index (κ1) is 9.88. The van der Waals surface area contributed by atoms with E-state index in [-0.39, 0.29) is 6.23 Å². The van der Waals surface area contributed by atoms with E-state index in [1.807, 2.05) is 19.0 Å². The summed E-state index contributed by atoms with van der Waals surface area (Å²) in [6.07, 6.45) is 0.759. The van der Waals surface area contributed by atoms with Gasteiger partial charge in [0, 0.05) is 6.54 Å². The largest absolute Gasteiger partial charge is 0.379 e. The van der Waals surface area contributed by atoms with Crippen molar-refractivity contribution in [2.75, 3.05) is 27.2 Å². The van der Waals surface area contributed by atoms with Crippen molar-refractivity contribution in [2.45, 2.75) is 19.6 Å². The minimum absolute atomic E-state index is 0.322. The van der Waals surface area contributed by atoms with Gasteiger partial charge in [0.25, 0.3) is 0 Å². The van der Waals surface area contributed by atoms with Crippen LogP contribution in [0.4, 0.5) is 0 Å². The minimum Gasteiger partial charge on any atom is -0.379 e. The Hall–Kier alpha value is -0.120. The Balaban J connectivity index is 3.13. The predicted octanol–water partition coefficient (Wildman–Crippen LogP) is -0.134. The molecule has 3 heteroatoms. The van der Waals surface area contributed by atoms with Crippen LogP contribution in [0.15, 0.2) is 0 Å². The average Bonchev–Trinajstić information content (AvgIpc) is 1.88. The minimum atomic E-state index is -0.322. The van der Waals surface area contributed by atoms with E-state index >= 15 is 0 Å². The van der Waals surface area contributed by atoms with Crippen LogP contribution in [-0.2, 0) is 0 Å². The van der Waals surface area contributed by atoms with Gasteiger partial charge in [-0.25, -0.2) is 0 Å². The maximum Gasteiger partial charge on any atom is 0.104 e. The Morgan fingerprint density at radius 1 is 1.60 bits per heavy atom. The standard InChI is InChI=1S/C7H18N2O/c1-7(10)9(3)6-4-5-8-2/h7-8,10H,4-6H2,1-3H3. The number of aliphatic hydroxyl groups is 1. The molecule has 0 heterocycles. The summed E-state index contributed by atoms with van der Waals surface area (Å²) in [4.78, 5) is 1.91. The highest BCUT2D eigenvalue weighted by Crippen LogP contribution is 1.90. The molecule has 10 heavy (non-hydrogen) atoms. The highest BCUT2D eigenvalue weighted by atomic mass is 16.3. The lowest BCUT2D eigenvalue weighted by atomic mass is 10.4. The van der Waals surface area contributed by atoms with Gasteiger partial charge in [0.1, 0.15) is 6.23 Å². The zero-order valence-electron chi connectivity index (χ0n) is 7.09. The first-order chi connectivity index (χ1) is 4.68. The van der Waals surface area contributed by atoms with E-state index < -0.39 is 0 Å². The molecule has 1 unspecified atom stereocenters. The fourth-order valence-electron chi connectivity index (χ4n) is 0.692. The third kappa shape index (κ3) is 4.73. The molecule has 0 aliphatic carbocycles. The van der Waals surface area contributed by atoms with Gasteiger partial charge in [0.15, 0.2) is 0 Å². The quantitative estimate of drug-likeness (QED) is 0.419. The van der Waals surface area contributed by atoms with E-state index in [1.165, 1.54) is 0 Å². The van der Waals surface area contributed by atoms with Crippen LogP contribution >= 0.6 is 0 Å². The van der Waals surface area contributed by atoms with E-state index in [2.05, 4.69) is 5.32 Å². The molecule has 0 spiro atoms. The lowest BCUT2D eigenvalue weighted by Gasteiger charge is -2.19. The van der Waals surface area contributed by atoms with Crippen LogP contribution in [-0.4, -0.2) is 43.4 Å². The molecule has 0 saturated carbocycles. The molecule has 0 aromatic carbocycles. The maximum atomic E-state index is 9.03. The lowest BCUT2D eigenvalue weighted by molar-refractivity contribution is 0.0379. The van der Waals surface area contributed by atoms with Gasteiger partial charge < -0.3 is 10.4 Å². The van der Waals surface area contributed by atoms with Crippen molar-refractivity contribution in [2.24, 2.45) is 0 Å². The van der Waals surface area contributed by atoms with Gasteiger partial charge in [-0.1, -0.05) is 0 Å². The van der Waals surface area contributed by atoms with Crippen molar-refractivity contribution in [3.05, 3.63) is 0 Å². The molecule has 0 radical (unpaired) electrons. The van der Waals surface area contributed by atoms with E-state index in [1.54, 1.807) is 6.92 Å². The van der Waals surface area contributed by atoms with Crippen LogP contribution in [0.2, 0.25) is 0 Å². The van der Waals surface area contributed by atoms with Crippen LogP contribution in [0.3, 0.4) is 0 Å². The summed E-state index contributed by atoms with van der Waals surface area (Å²) in [5.41, 5.74) is 0. The van der Waals surface area contributed by atoms with Gasteiger partial charge in [0.05, 0.1) is 0 Å². The SMILES string of the molecule is CNCCCN(C)C(C)O. The van der Waals surface area contributed by atoms with Crippen molar-refractivity contribution in [1.29, 1.82) is 0 Å².